The number of hydrogen-bond acceptors (Lipinski definition) is 3. The van der Waals surface area contributed by atoms with Gasteiger partial charge in [-0.15, -0.1) is 0 Å². The van der Waals surface area contributed by atoms with Gasteiger partial charge in [-0.25, -0.2) is 0 Å². The summed E-state index contributed by atoms with van der Waals surface area (Å²) >= 11 is 3.39. The van der Waals surface area contributed by atoms with Crippen molar-refractivity contribution in [3.63, 3.8) is 0 Å². The summed E-state index contributed by atoms with van der Waals surface area (Å²) in [6, 6.07) is 7.79. The highest BCUT2D eigenvalue weighted by Gasteiger charge is 1.95. The normalized spacial score (nSPS) is 10.8. The van der Waals surface area contributed by atoms with Crippen LogP contribution in [-0.4, -0.2) is 19.8 Å². The predicted octanol–water partition coefficient (Wildman–Crippen LogP) is 3.01. The molecule has 0 aliphatic rings. The molecule has 1 aromatic carbocycles. The van der Waals surface area contributed by atoms with Gasteiger partial charge < -0.3 is 9.57 Å². The quantitative estimate of drug-likeness (QED) is 0.618. The maximum atomic E-state index is 5.52. The van der Waals surface area contributed by atoms with E-state index in [1.54, 1.807) is 0 Å². The Morgan fingerprint density at radius 3 is 2.88 bits per heavy atom. The van der Waals surface area contributed by atoms with Gasteiger partial charge in [-0.1, -0.05) is 35.8 Å². The summed E-state index contributed by atoms with van der Waals surface area (Å²) in [5.41, 5.74) is 2.86. The molecule has 0 saturated heterocycles. The van der Waals surface area contributed by atoms with Gasteiger partial charge in [0.2, 0.25) is 0 Å². The minimum absolute atomic E-state index is 0.540. The summed E-state index contributed by atoms with van der Waals surface area (Å²) in [5.74, 6) is 1.40. The van der Waals surface area contributed by atoms with Crippen LogP contribution in [0.3, 0.4) is 0 Å². The molecule has 1 N–H and O–H groups in total. The van der Waals surface area contributed by atoms with Gasteiger partial charge in [0.15, 0.2) is 0 Å². The maximum absolute atomic E-state index is 5.52. The van der Waals surface area contributed by atoms with Crippen molar-refractivity contribution in [2.75, 3.05) is 19.8 Å². The van der Waals surface area contributed by atoms with Crippen LogP contribution in [0.15, 0.2) is 28.7 Å². The highest BCUT2D eigenvalue weighted by atomic mass is 79.9. The van der Waals surface area contributed by atoms with Crippen LogP contribution in [0.2, 0.25) is 0 Å². The second-order valence-electron chi connectivity index (χ2n) is 3.91. The van der Waals surface area contributed by atoms with Crippen molar-refractivity contribution in [2.24, 2.45) is 5.92 Å². The number of benzene rings is 1. The van der Waals surface area contributed by atoms with Crippen molar-refractivity contribution in [2.45, 2.75) is 13.8 Å². The van der Waals surface area contributed by atoms with E-state index in [1.807, 2.05) is 24.3 Å². The second kappa shape index (κ2) is 7.65. The smallest absolute Gasteiger partial charge is 0.120 e. The number of nitrogens with one attached hydrogen (secondary N) is 1. The summed E-state index contributed by atoms with van der Waals surface area (Å²) < 4.78 is 6.54. The Balaban J connectivity index is 2.07. The Bertz CT molecular complexity index is 305. The molecule has 4 heteroatoms. The maximum Gasteiger partial charge on any atom is 0.120 e. The number of halogens is 1. The zero-order valence-corrected chi connectivity index (χ0v) is 11.3. The summed E-state index contributed by atoms with van der Waals surface area (Å²) in [7, 11) is 0. The Morgan fingerprint density at radius 2 is 2.19 bits per heavy atom. The van der Waals surface area contributed by atoms with Crippen molar-refractivity contribution in [1.29, 1.82) is 0 Å². The van der Waals surface area contributed by atoms with Crippen LogP contribution in [0.4, 0.5) is 0 Å². The van der Waals surface area contributed by atoms with Crippen molar-refractivity contribution >= 4 is 15.9 Å². The van der Waals surface area contributed by atoms with E-state index in [9.17, 15) is 0 Å². The second-order valence-corrected chi connectivity index (χ2v) is 4.82. The molecular formula is C12H18BrNO2. The van der Waals surface area contributed by atoms with Crippen LogP contribution >= 0.6 is 15.9 Å². The van der Waals surface area contributed by atoms with Gasteiger partial charge in [0.25, 0.3) is 0 Å². The number of rotatable bonds is 7. The van der Waals surface area contributed by atoms with Crippen LogP contribution in [-0.2, 0) is 4.84 Å². The third-order valence-corrected chi connectivity index (χ3v) is 2.28. The largest absolute Gasteiger partial charge is 0.492 e. The summed E-state index contributed by atoms with van der Waals surface area (Å²) in [6.45, 7) is 6.21. The lowest BCUT2D eigenvalue weighted by Crippen LogP contribution is -2.23. The zero-order chi connectivity index (χ0) is 11.8. The molecule has 0 heterocycles. The van der Waals surface area contributed by atoms with E-state index in [0.717, 1.165) is 16.8 Å². The molecule has 0 radical (unpaired) electrons. The molecule has 0 saturated carbocycles. The zero-order valence-electron chi connectivity index (χ0n) is 9.70. The molecule has 0 bridgehead atoms. The van der Waals surface area contributed by atoms with E-state index >= 15 is 0 Å². The lowest BCUT2D eigenvalue weighted by atomic mass is 10.2. The SMILES string of the molecule is CC(C)CONCCOc1cccc(Br)c1. The van der Waals surface area contributed by atoms with E-state index in [1.165, 1.54) is 0 Å². The number of ether oxygens (including phenoxy) is 1. The molecule has 0 aliphatic heterocycles. The fourth-order valence-electron chi connectivity index (χ4n) is 1.07. The first-order valence-corrected chi connectivity index (χ1v) is 6.21. The van der Waals surface area contributed by atoms with Crippen molar-refractivity contribution < 1.29 is 9.57 Å². The van der Waals surface area contributed by atoms with Crippen LogP contribution in [0.25, 0.3) is 0 Å². The minimum atomic E-state index is 0.540. The van der Waals surface area contributed by atoms with Gasteiger partial charge in [0.05, 0.1) is 13.2 Å². The molecule has 3 nitrogen and oxygen atoms in total. The summed E-state index contributed by atoms with van der Waals surface area (Å²) in [6.07, 6.45) is 0. The topological polar surface area (TPSA) is 30.5 Å². The summed E-state index contributed by atoms with van der Waals surface area (Å²) in [4.78, 5) is 5.22. The monoisotopic (exact) mass is 287 g/mol. The van der Waals surface area contributed by atoms with Gasteiger partial charge in [0, 0.05) is 4.47 Å². The van der Waals surface area contributed by atoms with Crippen molar-refractivity contribution in [1.82, 2.24) is 5.48 Å². The molecule has 1 rings (SSSR count). The standard InChI is InChI=1S/C12H18BrNO2/c1-10(2)9-16-14-6-7-15-12-5-3-4-11(13)8-12/h3-5,8,10,14H,6-7,9H2,1-2H3. The fraction of sp³-hybridized carbons (Fsp3) is 0.500. The molecule has 0 aliphatic carbocycles. The van der Waals surface area contributed by atoms with Crippen LogP contribution in [0, 0.1) is 5.92 Å². The van der Waals surface area contributed by atoms with Crippen molar-refractivity contribution in [3.8, 4) is 5.75 Å². The lowest BCUT2D eigenvalue weighted by molar-refractivity contribution is 0.0180. The molecule has 90 valence electrons. The average molecular weight is 288 g/mol. The molecule has 0 aromatic heterocycles. The number of hydrogen-bond donors (Lipinski definition) is 1. The molecule has 0 spiro atoms. The van der Waals surface area contributed by atoms with E-state index in [4.69, 9.17) is 9.57 Å². The third kappa shape index (κ3) is 6.10. The van der Waals surface area contributed by atoms with Crippen LogP contribution in [0.1, 0.15) is 13.8 Å². The van der Waals surface area contributed by atoms with Gasteiger partial charge in [-0.05, 0) is 24.1 Å². The van der Waals surface area contributed by atoms with Crippen molar-refractivity contribution in [3.05, 3.63) is 28.7 Å². The van der Waals surface area contributed by atoms with E-state index in [2.05, 4.69) is 35.3 Å². The van der Waals surface area contributed by atoms with Gasteiger partial charge in [0.1, 0.15) is 12.4 Å². The van der Waals surface area contributed by atoms with E-state index in [0.29, 0.717) is 19.1 Å². The molecule has 0 unspecified atom stereocenters. The first kappa shape index (κ1) is 13.5. The molecular weight excluding hydrogens is 270 g/mol. The molecule has 16 heavy (non-hydrogen) atoms. The Kier molecular flexibility index (Phi) is 6.45. The molecule has 1 aromatic rings. The predicted molar refractivity (Wildman–Crippen MR) is 68.4 cm³/mol. The van der Waals surface area contributed by atoms with Crippen LogP contribution < -0.4 is 10.2 Å². The Labute approximate surface area is 105 Å². The fourth-order valence-corrected chi connectivity index (χ4v) is 1.44. The molecule has 0 atom stereocenters. The van der Waals surface area contributed by atoms with E-state index in [-0.39, 0.29) is 0 Å². The van der Waals surface area contributed by atoms with Gasteiger partial charge >= 0.3 is 0 Å². The highest BCUT2D eigenvalue weighted by Crippen LogP contribution is 2.17. The van der Waals surface area contributed by atoms with Gasteiger partial charge in [-0.3, -0.25) is 0 Å². The van der Waals surface area contributed by atoms with E-state index < -0.39 is 0 Å². The first-order chi connectivity index (χ1) is 7.68. The lowest BCUT2D eigenvalue weighted by Gasteiger charge is -2.09. The Morgan fingerprint density at radius 1 is 1.38 bits per heavy atom. The summed E-state index contributed by atoms with van der Waals surface area (Å²) in [5, 5.41) is 0. The minimum Gasteiger partial charge on any atom is -0.492 e. The molecule has 0 amide bonds. The average Bonchev–Trinajstić information content (AvgIpc) is 2.23. The Hall–Kier alpha value is -0.580. The highest BCUT2D eigenvalue weighted by molar-refractivity contribution is 9.10. The third-order valence-electron chi connectivity index (χ3n) is 1.79. The van der Waals surface area contributed by atoms with Crippen LogP contribution in [0.5, 0.6) is 5.75 Å². The molecule has 0 fully saturated rings. The number of hydroxylamine groups is 1. The van der Waals surface area contributed by atoms with Gasteiger partial charge in [-0.2, -0.15) is 5.48 Å². The first-order valence-electron chi connectivity index (χ1n) is 5.41.